The predicted octanol–water partition coefficient (Wildman–Crippen LogP) is 2.84. The van der Waals surface area contributed by atoms with Crippen molar-refractivity contribution in [2.75, 3.05) is 37.7 Å². The molecule has 1 heterocycles. The number of hydrazone groups is 1. The molecule has 0 saturated heterocycles. The summed E-state index contributed by atoms with van der Waals surface area (Å²) in [6, 6.07) is 17.3. The number of esters is 1. The molecule has 0 aromatic heterocycles. The number of benzene rings is 2. The largest absolute Gasteiger partial charge is 0.460 e. The van der Waals surface area contributed by atoms with E-state index < -0.39 is 12.1 Å². The third kappa shape index (κ3) is 4.07. The number of nitrogens with zero attached hydrogens (tertiary/aromatic N) is 5. The highest BCUT2D eigenvalue weighted by atomic mass is 16.5. The van der Waals surface area contributed by atoms with Crippen molar-refractivity contribution < 1.29 is 14.3 Å². The van der Waals surface area contributed by atoms with E-state index in [4.69, 9.17) is 4.74 Å². The number of ether oxygens (including phenoxy) is 1. The Bertz CT molecular complexity index is 928. The number of carbonyl (C=O) groups is 2. The van der Waals surface area contributed by atoms with Crippen molar-refractivity contribution in [1.29, 1.82) is 0 Å². The van der Waals surface area contributed by atoms with Crippen molar-refractivity contribution in [2.24, 2.45) is 5.10 Å². The molecule has 0 radical (unpaired) electrons. The lowest BCUT2D eigenvalue weighted by Crippen LogP contribution is -2.58. The Morgan fingerprint density at radius 3 is 2.23 bits per heavy atom. The molecule has 2 aromatic carbocycles. The first-order chi connectivity index (χ1) is 14.3. The SMILES string of the molecule is CCOC(=O)C1=NN(c2ccccc2)C(c2ccc(N(C)C)cc2)N(C(C)=O)N1C. The third-order valence-electron chi connectivity index (χ3n) is 4.80. The standard InChI is InChI=1S/C22H27N5O3/c1-6-30-22(29)20-23-26(19-10-8-7-9-11-19)21(27(16(2)28)25(20)5)17-12-14-18(15-13-17)24(3)4/h7-15,21H,6H2,1-5H3. The van der Waals surface area contributed by atoms with Crippen LogP contribution in [0.4, 0.5) is 11.4 Å². The summed E-state index contributed by atoms with van der Waals surface area (Å²) < 4.78 is 5.17. The minimum absolute atomic E-state index is 0.0389. The second-order valence-electron chi connectivity index (χ2n) is 7.07. The summed E-state index contributed by atoms with van der Waals surface area (Å²) >= 11 is 0. The van der Waals surface area contributed by atoms with Crippen LogP contribution in [0.2, 0.25) is 0 Å². The molecule has 8 heteroatoms. The minimum atomic E-state index is -0.589. The van der Waals surface area contributed by atoms with Gasteiger partial charge in [0.2, 0.25) is 5.91 Å². The molecule has 1 aliphatic heterocycles. The van der Waals surface area contributed by atoms with Gasteiger partial charge in [0.05, 0.1) is 12.3 Å². The first-order valence-electron chi connectivity index (χ1n) is 9.75. The van der Waals surface area contributed by atoms with Crippen molar-refractivity contribution in [3.63, 3.8) is 0 Å². The van der Waals surface area contributed by atoms with Gasteiger partial charge in [0.1, 0.15) is 0 Å². The van der Waals surface area contributed by atoms with Crippen LogP contribution in [0.15, 0.2) is 59.7 Å². The fourth-order valence-electron chi connectivity index (χ4n) is 3.35. The molecule has 0 fully saturated rings. The van der Waals surface area contributed by atoms with E-state index in [1.807, 2.05) is 73.6 Å². The monoisotopic (exact) mass is 409 g/mol. The van der Waals surface area contributed by atoms with E-state index >= 15 is 0 Å². The van der Waals surface area contributed by atoms with Crippen LogP contribution in [0.1, 0.15) is 25.6 Å². The first-order valence-corrected chi connectivity index (χ1v) is 9.75. The van der Waals surface area contributed by atoms with E-state index in [2.05, 4.69) is 5.10 Å². The zero-order valence-corrected chi connectivity index (χ0v) is 17.9. The number of hydrazine groups is 1. The Labute approximate surface area is 176 Å². The van der Waals surface area contributed by atoms with Crippen LogP contribution in [0, 0.1) is 0 Å². The molecule has 3 rings (SSSR count). The maximum absolute atomic E-state index is 12.7. The molecule has 1 aliphatic rings. The average molecular weight is 409 g/mol. The summed E-state index contributed by atoms with van der Waals surface area (Å²) in [7, 11) is 5.58. The minimum Gasteiger partial charge on any atom is -0.460 e. The Hall–Kier alpha value is -3.55. The van der Waals surface area contributed by atoms with Crippen LogP contribution in [0.25, 0.3) is 0 Å². The Balaban J connectivity index is 2.16. The van der Waals surface area contributed by atoms with E-state index in [0.29, 0.717) is 0 Å². The lowest BCUT2D eigenvalue weighted by molar-refractivity contribution is -0.147. The quantitative estimate of drug-likeness (QED) is 0.708. The highest BCUT2D eigenvalue weighted by molar-refractivity contribution is 6.35. The number of hydrogen-bond donors (Lipinski definition) is 0. The summed E-state index contributed by atoms with van der Waals surface area (Å²) in [5.74, 6) is -0.775. The van der Waals surface area contributed by atoms with Crippen LogP contribution in [-0.4, -0.2) is 55.5 Å². The van der Waals surface area contributed by atoms with E-state index in [1.54, 1.807) is 19.0 Å². The number of likely N-dealkylation sites (N-methyl/N-ethyl adjacent to an activating group) is 1. The summed E-state index contributed by atoms with van der Waals surface area (Å²) in [6.45, 7) is 3.41. The molecule has 1 amide bonds. The van der Waals surface area contributed by atoms with Crippen molar-refractivity contribution in [3.8, 4) is 0 Å². The van der Waals surface area contributed by atoms with Crippen molar-refractivity contribution >= 4 is 29.1 Å². The molecule has 8 nitrogen and oxygen atoms in total. The highest BCUT2D eigenvalue weighted by Crippen LogP contribution is 2.35. The summed E-state index contributed by atoms with van der Waals surface area (Å²) in [6.07, 6.45) is -0.565. The van der Waals surface area contributed by atoms with Gasteiger partial charge in [-0.2, -0.15) is 0 Å². The number of hydrogen-bond acceptors (Lipinski definition) is 7. The maximum Gasteiger partial charge on any atom is 0.377 e. The molecule has 1 atom stereocenters. The maximum atomic E-state index is 12.7. The van der Waals surface area contributed by atoms with Gasteiger partial charge in [-0.25, -0.2) is 14.8 Å². The fraction of sp³-hybridized carbons (Fsp3) is 0.318. The molecule has 0 bridgehead atoms. The fourth-order valence-corrected chi connectivity index (χ4v) is 3.35. The highest BCUT2D eigenvalue weighted by Gasteiger charge is 2.40. The summed E-state index contributed by atoms with van der Waals surface area (Å²) in [4.78, 5) is 27.3. The molecule has 0 N–H and O–H groups in total. The predicted molar refractivity (Wildman–Crippen MR) is 117 cm³/mol. The number of anilines is 2. The van der Waals surface area contributed by atoms with Gasteiger partial charge in [0.15, 0.2) is 6.17 Å². The number of amidine groups is 1. The van der Waals surface area contributed by atoms with E-state index in [9.17, 15) is 9.59 Å². The molecule has 1 unspecified atom stereocenters. The van der Waals surface area contributed by atoms with Crippen LogP contribution in [-0.2, 0) is 14.3 Å². The van der Waals surface area contributed by atoms with Gasteiger partial charge in [-0.15, -0.1) is 5.10 Å². The number of carbonyl (C=O) groups excluding carboxylic acids is 2. The molecule has 0 saturated carbocycles. The van der Waals surface area contributed by atoms with Gasteiger partial charge in [0.25, 0.3) is 5.84 Å². The zero-order valence-electron chi connectivity index (χ0n) is 17.9. The van der Waals surface area contributed by atoms with E-state index in [-0.39, 0.29) is 18.3 Å². The van der Waals surface area contributed by atoms with Crippen LogP contribution >= 0.6 is 0 Å². The summed E-state index contributed by atoms with van der Waals surface area (Å²) in [5.41, 5.74) is 2.65. The van der Waals surface area contributed by atoms with Gasteiger partial charge >= 0.3 is 5.97 Å². The van der Waals surface area contributed by atoms with Crippen molar-refractivity contribution in [3.05, 3.63) is 60.2 Å². The van der Waals surface area contributed by atoms with E-state index in [0.717, 1.165) is 16.9 Å². The molecule has 0 spiro atoms. The van der Waals surface area contributed by atoms with Crippen molar-refractivity contribution in [2.45, 2.75) is 20.0 Å². The molecular formula is C22H27N5O3. The van der Waals surface area contributed by atoms with E-state index in [1.165, 1.54) is 16.9 Å². The Kier molecular flexibility index (Phi) is 6.25. The molecule has 30 heavy (non-hydrogen) atoms. The second kappa shape index (κ2) is 8.86. The lowest BCUT2D eigenvalue weighted by atomic mass is 10.1. The number of amides is 1. The molecular weight excluding hydrogens is 382 g/mol. The second-order valence-corrected chi connectivity index (χ2v) is 7.07. The molecule has 2 aromatic rings. The Morgan fingerprint density at radius 2 is 1.70 bits per heavy atom. The lowest BCUT2D eigenvalue weighted by Gasteiger charge is -2.46. The molecule has 158 valence electrons. The molecule has 0 aliphatic carbocycles. The van der Waals surface area contributed by atoms with Gasteiger partial charge in [-0.05, 0) is 36.8 Å². The van der Waals surface area contributed by atoms with Crippen LogP contribution in [0.3, 0.4) is 0 Å². The van der Waals surface area contributed by atoms with Gasteiger partial charge in [0, 0.05) is 33.8 Å². The van der Waals surface area contributed by atoms with Crippen LogP contribution < -0.4 is 9.91 Å². The Morgan fingerprint density at radius 1 is 1.07 bits per heavy atom. The third-order valence-corrected chi connectivity index (χ3v) is 4.80. The number of para-hydroxylation sites is 1. The summed E-state index contributed by atoms with van der Waals surface area (Å²) in [5, 5.41) is 9.25. The van der Waals surface area contributed by atoms with Crippen molar-refractivity contribution in [1.82, 2.24) is 10.0 Å². The van der Waals surface area contributed by atoms with Gasteiger partial charge < -0.3 is 9.64 Å². The van der Waals surface area contributed by atoms with Gasteiger partial charge in [-0.3, -0.25) is 9.80 Å². The topological polar surface area (TPSA) is 68.7 Å². The number of rotatable bonds is 5. The first kappa shape index (κ1) is 21.2. The zero-order chi connectivity index (χ0) is 21.8. The van der Waals surface area contributed by atoms with Gasteiger partial charge in [-0.1, -0.05) is 30.3 Å². The normalized spacial score (nSPS) is 16.2. The smallest absolute Gasteiger partial charge is 0.377 e. The van der Waals surface area contributed by atoms with Crippen LogP contribution in [0.5, 0.6) is 0 Å². The average Bonchev–Trinajstić information content (AvgIpc) is 2.73.